The van der Waals surface area contributed by atoms with Crippen LogP contribution < -0.4 is 5.32 Å². The van der Waals surface area contributed by atoms with E-state index in [0.717, 1.165) is 16.5 Å². The Kier molecular flexibility index (Phi) is 7.82. The van der Waals surface area contributed by atoms with Crippen LogP contribution in [-0.2, 0) is 16.0 Å². The summed E-state index contributed by atoms with van der Waals surface area (Å²) >= 11 is 24.9. The van der Waals surface area contributed by atoms with E-state index in [0.29, 0.717) is 21.3 Å². The zero-order chi connectivity index (χ0) is 25.1. The third-order valence-electron chi connectivity index (χ3n) is 5.39. The van der Waals surface area contributed by atoms with Gasteiger partial charge >= 0.3 is 5.97 Å². The van der Waals surface area contributed by atoms with Crippen molar-refractivity contribution in [1.82, 2.24) is 10.3 Å². The number of carbonyl (C=O) groups is 2. The second-order valence-electron chi connectivity index (χ2n) is 7.67. The Bertz CT molecular complexity index is 1400. The number of hydrogen-bond donors (Lipinski definition) is 1. The van der Waals surface area contributed by atoms with Gasteiger partial charge in [0.25, 0.3) is 5.91 Å². The van der Waals surface area contributed by atoms with Gasteiger partial charge in [0.15, 0.2) is 0 Å². The molecule has 178 valence electrons. The maximum absolute atomic E-state index is 12.8. The monoisotopic (exact) mass is 546 g/mol. The Morgan fingerprint density at radius 3 is 2.14 bits per heavy atom. The molecule has 0 radical (unpaired) electrons. The van der Waals surface area contributed by atoms with E-state index >= 15 is 0 Å². The second kappa shape index (κ2) is 10.8. The highest BCUT2D eigenvalue weighted by Gasteiger charge is 2.25. The maximum Gasteiger partial charge on any atom is 0.328 e. The van der Waals surface area contributed by atoms with E-state index in [4.69, 9.17) is 51.1 Å². The van der Waals surface area contributed by atoms with Gasteiger partial charge in [0.2, 0.25) is 0 Å². The number of hydrogen-bond acceptors (Lipinski definition) is 4. The molecule has 0 fully saturated rings. The number of ether oxygens (including phenoxy) is 1. The number of aromatic nitrogens is 1. The normalized spacial score (nSPS) is 11.8. The van der Waals surface area contributed by atoms with Crippen LogP contribution in [0.1, 0.15) is 15.9 Å². The Balaban J connectivity index is 1.60. The third kappa shape index (κ3) is 5.54. The molecule has 0 saturated carbocycles. The van der Waals surface area contributed by atoms with Crippen molar-refractivity contribution in [2.75, 3.05) is 7.11 Å². The fourth-order valence-electron chi connectivity index (χ4n) is 3.70. The molecule has 5 nitrogen and oxygen atoms in total. The summed E-state index contributed by atoms with van der Waals surface area (Å²) < 4.78 is 4.90. The van der Waals surface area contributed by atoms with Gasteiger partial charge in [0.1, 0.15) is 6.04 Å². The summed E-state index contributed by atoms with van der Waals surface area (Å²) in [5, 5.41) is 4.91. The molecular formula is C26H18Cl4N2O3. The van der Waals surface area contributed by atoms with Gasteiger partial charge in [-0.25, -0.2) is 9.78 Å². The van der Waals surface area contributed by atoms with Crippen LogP contribution in [0.3, 0.4) is 0 Å². The average Bonchev–Trinajstić information content (AvgIpc) is 2.83. The van der Waals surface area contributed by atoms with Gasteiger partial charge in [-0.3, -0.25) is 4.79 Å². The van der Waals surface area contributed by atoms with E-state index < -0.39 is 17.9 Å². The Hall–Kier alpha value is -2.83. The minimum absolute atomic E-state index is 0.0956. The van der Waals surface area contributed by atoms with E-state index in [1.165, 1.54) is 7.11 Å². The highest BCUT2D eigenvalue weighted by Crippen LogP contribution is 2.34. The standard InChI is InChI=1S/C26H18Cl4N2O3/c1-35-26(34)22(32-25(33)24-18(29)6-3-7-19(24)30)13-14-8-10-20-15(12-14)9-11-21(31-20)23-16(27)4-2-5-17(23)28/h2-12,22H,13H2,1H3,(H,32,33). The first-order valence-electron chi connectivity index (χ1n) is 10.4. The number of methoxy groups -OCH3 is 1. The minimum atomic E-state index is -0.952. The molecule has 4 aromatic rings. The number of benzene rings is 3. The van der Waals surface area contributed by atoms with E-state index in [-0.39, 0.29) is 22.0 Å². The van der Waals surface area contributed by atoms with Crippen molar-refractivity contribution in [2.24, 2.45) is 0 Å². The third-order valence-corrected chi connectivity index (χ3v) is 6.65. The predicted molar refractivity (Wildman–Crippen MR) is 141 cm³/mol. The van der Waals surface area contributed by atoms with Crippen LogP contribution in [0.4, 0.5) is 0 Å². The summed E-state index contributed by atoms with van der Waals surface area (Å²) in [7, 11) is 1.26. The van der Waals surface area contributed by atoms with Gasteiger partial charge in [0, 0.05) is 17.4 Å². The number of carbonyl (C=O) groups excluding carboxylic acids is 2. The molecule has 0 aliphatic rings. The molecule has 9 heteroatoms. The molecule has 0 saturated heterocycles. The van der Waals surface area contributed by atoms with Gasteiger partial charge in [-0.05, 0) is 48.0 Å². The number of fused-ring (bicyclic) bond motifs is 1. The lowest BCUT2D eigenvalue weighted by Crippen LogP contribution is -2.43. The van der Waals surface area contributed by atoms with Crippen LogP contribution in [0.2, 0.25) is 20.1 Å². The van der Waals surface area contributed by atoms with Gasteiger partial charge in [0.05, 0.1) is 44.0 Å². The summed E-state index contributed by atoms with van der Waals surface area (Å²) in [6.45, 7) is 0. The van der Waals surface area contributed by atoms with Crippen molar-refractivity contribution >= 4 is 69.2 Å². The van der Waals surface area contributed by atoms with E-state index in [1.54, 1.807) is 36.4 Å². The lowest BCUT2D eigenvalue weighted by Gasteiger charge is -2.18. The molecule has 1 heterocycles. The van der Waals surface area contributed by atoms with E-state index in [1.807, 2.05) is 30.3 Å². The molecule has 3 aromatic carbocycles. The summed E-state index contributed by atoms with van der Waals surface area (Å²) in [5.41, 5.74) is 2.93. The quantitative estimate of drug-likeness (QED) is 0.263. The van der Waals surface area contributed by atoms with Crippen molar-refractivity contribution in [1.29, 1.82) is 0 Å². The summed E-state index contributed by atoms with van der Waals surface area (Å²) in [6, 6.07) is 18.4. The molecule has 35 heavy (non-hydrogen) atoms. The zero-order valence-corrected chi connectivity index (χ0v) is 21.3. The topological polar surface area (TPSA) is 68.3 Å². The number of esters is 1. The molecule has 0 aliphatic carbocycles. The Morgan fingerprint density at radius 1 is 0.886 bits per heavy atom. The number of amides is 1. The summed E-state index contributed by atoms with van der Waals surface area (Å²) in [6.07, 6.45) is 0.189. The molecule has 1 aromatic heterocycles. The van der Waals surface area contributed by atoms with Crippen LogP contribution in [0, 0.1) is 0 Å². The molecular weight excluding hydrogens is 530 g/mol. The average molecular weight is 548 g/mol. The second-order valence-corrected chi connectivity index (χ2v) is 9.30. The molecule has 0 spiro atoms. The van der Waals surface area contributed by atoms with Crippen LogP contribution >= 0.6 is 46.4 Å². The number of halogens is 4. The van der Waals surface area contributed by atoms with E-state index in [9.17, 15) is 9.59 Å². The smallest absolute Gasteiger partial charge is 0.328 e. The SMILES string of the molecule is COC(=O)C(Cc1ccc2nc(-c3c(Cl)cccc3Cl)ccc2c1)NC(=O)c1c(Cl)cccc1Cl. The lowest BCUT2D eigenvalue weighted by atomic mass is 10.0. The summed E-state index contributed by atoms with van der Waals surface area (Å²) in [5.74, 6) is -1.16. The van der Waals surface area contributed by atoms with E-state index in [2.05, 4.69) is 10.3 Å². The first-order valence-corrected chi connectivity index (χ1v) is 12.0. The molecule has 1 unspecified atom stereocenters. The predicted octanol–water partition coefficient (Wildman–Crippen LogP) is 7.03. The highest BCUT2D eigenvalue weighted by atomic mass is 35.5. The number of pyridine rings is 1. The molecule has 0 aliphatic heterocycles. The Labute approximate surface area is 221 Å². The van der Waals surface area contributed by atoms with Crippen molar-refractivity contribution in [2.45, 2.75) is 12.5 Å². The fourth-order valence-corrected chi connectivity index (χ4v) is 4.86. The summed E-state index contributed by atoms with van der Waals surface area (Å²) in [4.78, 5) is 30.0. The van der Waals surface area contributed by atoms with Crippen molar-refractivity contribution in [3.05, 3.63) is 97.9 Å². The van der Waals surface area contributed by atoms with Gasteiger partial charge < -0.3 is 10.1 Å². The number of nitrogens with zero attached hydrogens (tertiary/aromatic N) is 1. The van der Waals surface area contributed by atoms with Crippen LogP contribution in [0.25, 0.3) is 22.2 Å². The largest absolute Gasteiger partial charge is 0.467 e. The number of nitrogens with one attached hydrogen (secondary N) is 1. The van der Waals surface area contributed by atoms with Gasteiger partial charge in [-0.15, -0.1) is 0 Å². The highest BCUT2D eigenvalue weighted by molar-refractivity contribution is 6.40. The van der Waals surface area contributed by atoms with Crippen LogP contribution in [0.15, 0.2) is 66.7 Å². The zero-order valence-electron chi connectivity index (χ0n) is 18.3. The fraction of sp³-hybridized carbons (Fsp3) is 0.115. The van der Waals surface area contributed by atoms with Crippen molar-refractivity contribution in [3.63, 3.8) is 0 Å². The lowest BCUT2D eigenvalue weighted by molar-refractivity contribution is -0.142. The minimum Gasteiger partial charge on any atom is -0.467 e. The first-order chi connectivity index (χ1) is 16.8. The molecule has 0 bridgehead atoms. The molecule has 1 amide bonds. The molecule has 1 atom stereocenters. The maximum atomic E-state index is 12.8. The van der Waals surface area contributed by atoms with Crippen molar-refractivity contribution in [3.8, 4) is 11.3 Å². The van der Waals surface area contributed by atoms with Gasteiger partial charge in [-0.2, -0.15) is 0 Å². The van der Waals surface area contributed by atoms with Gasteiger partial charge in [-0.1, -0.05) is 70.7 Å². The molecule has 4 rings (SSSR count). The number of rotatable bonds is 6. The Morgan fingerprint density at radius 2 is 1.51 bits per heavy atom. The van der Waals surface area contributed by atoms with Crippen LogP contribution in [-0.4, -0.2) is 30.0 Å². The molecule has 1 N–H and O–H groups in total. The first kappa shape index (κ1) is 25.3. The van der Waals surface area contributed by atoms with Crippen LogP contribution in [0.5, 0.6) is 0 Å². The van der Waals surface area contributed by atoms with Crippen molar-refractivity contribution < 1.29 is 14.3 Å².